The highest BCUT2D eigenvalue weighted by molar-refractivity contribution is 7.22. The Kier molecular flexibility index (Phi) is 8.20. The average molecular weight is 601 g/mol. The fraction of sp³-hybridized carbons (Fsp3) is 0.303. The van der Waals surface area contributed by atoms with Crippen molar-refractivity contribution in [3.63, 3.8) is 0 Å². The molecule has 3 heterocycles. The number of aromatic nitrogens is 1. The summed E-state index contributed by atoms with van der Waals surface area (Å²) in [6.07, 6.45) is 3.04. The lowest BCUT2D eigenvalue weighted by Gasteiger charge is -2.24. The van der Waals surface area contributed by atoms with E-state index in [-0.39, 0.29) is 11.3 Å². The third-order valence-corrected chi connectivity index (χ3v) is 8.33. The summed E-state index contributed by atoms with van der Waals surface area (Å²) in [6, 6.07) is 16.8. The van der Waals surface area contributed by atoms with Crippen LogP contribution in [0, 0.1) is 0 Å². The van der Waals surface area contributed by atoms with Gasteiger partial charge in [0.25, 0.3) is 5.78 Å². The normalized spacial score (nSPS) is 17.4. The van der Waals surface area contributed by atoms with Gasteiger partial charge in [-0.3, -0.25) is 14.5 Å². The highest BCUT2D eigenvalue weighted by atomic mass is 32.1. The number of carbonyl (C=O) groups excluding carboxylic acids is 2. The Morgan fingerprint density at radius 2 is 1.79 bits per heavy atom. The molecule has 1 saturated heterocycles. The zero-order valence-corrected chi connectivity index (χ0v) is 24.8. The quantitative estimate of drug-likeness (QED) is 0.0932. The molecule has 2 aliphatic heterocycles. The number of unbranched alkanes of at least 4 members (excludes halogenated alkanes) is 2. The highest BCUT2D eigenvalue weighted by Crippen LogP contribution is 2.46. The Morgan fingerprint density at radius 3 is 2.60 bits per heavy atom. The van der Waals surface area contributed by atoms with Crippen LogP contribution in [0.25, 0.3) is 16.0 Å². The number of benzene rings is 3. The van der Waals surface area contributed by atoms with Gasteiger partial charge < -0.3 is 24.1 Å². The molecule has 1 amide bonds. The lowest BCUT2D eigenvalue weighted by atomic mass is 9.95. The first-order valence-electron chi connectivity index (χ1n) is 14.5. The van der Waals surface area contributed by atoms with Gasteiger partial charge in [0.05, 0.1) is 35.0 Å². The van der Waals surface area contributed by atoms with Crippen molar-refractivity contribution >= 4 is 44.1 Å². The van der Waals surface area contributed by atoms with Crippen LogP contribution in [0.1, 0.15) is 50.3 Å². The summed E-state index contributed by atoms with van der Waals surface area (Å²) in [5.41, 5.74) is 1.58. The SMILES string of the molecule is CCCCCOc1cccc(C2/C(=C(/O)c3ccc4c(c3)OCCO4)C(=O)C(=O)N2c2nc3ccc(OCC)cc3s2)c1. The number of rotatable bonds is 10. The molecule has 1 N–H and O–H groups in total. The average Bonchev–Trinajstić information content (AvgIpc) is 3.56. The first kappa shape index (κ1) is 28.5. The molecule has 2 aliphatic rings. The topological polar surface area (TPSA) is 107 Å². The zero-order chi connectivity index (χ0) is 29.9. The van der Waals surface area contributed by atoms with Crippen molar-refractivity contribution in [1.29, 1.82) is 0 Å². The molecule has 1 aromatic heterocycles. The Bertz CT molecular complexity index is 1710. The van der Waals surface area contributed by atoms with Gasteiger partial charge in [0, 0.05) is 5.56 Å². The second-order valence-corrected chi connectivity index (χ2v) is 11.2. The van der Waals surface area contributed by atoms with Crippen LogP contribution in [-0.4, -0.2) is 48.2 Å². The molecule has 43 heavy (non-hydrogen) atoms. The van der Waals surface area contributed by atoms with E-state index in [2.05, 4.69) is 6.92 Å². The van der Waals surface area contributed by atoms with E-state index in [0.29, 0.717) is 71.2 Å². The molecule has 1 atom stereocenters. The Hall–Kier alpha value is -4.57. The maximum atomic E-state index is 13.7. The van der Waals surface area contributed by atoms with E-state index >= 15 is 0 Å². The Morgan fingerprint density at radius 1 is 0.977 bits per heavy atom. The lowest BCUT2D eigenvalue weighted by molar-refractivity contribution is -0.132. The molecule has 3 aromatic carbocycles. The van der Waals surface area contributed by atoms with E-state index in [4.69, 9.17) is 23.9 Å². The van der Waals surface area contributed by atoms with Gasteiger partial charge >= 0.3 is 5.91 Å². The number of nitrogens with zero attached hydrogens (tertiary/aromatic N) is 2. The molecule has 0 bridgehead atoms. The standard InChI is InChI=1S/C33H32N2O7S/c1-3-5-6-14-40-22-9-7-8-20(17-22)29-28(30(36)21-10-13-25-26(18-21)42-16-15-41-25)31(37)32(38)35(29)33-34-24-12-11-23(39-4-2)19-27(24)43-33/h7-13,17-19,29,36H,3-6,14-16H2,1-2H3/b30-28-. The molecule has 0 saturated carbocycles. The second kappa shape index (κ2) is 12.3. The summed E-state index contributed by atoms with van der Waals surface area (Å²) in [6.45, 7) is 5.90. The third kappa shape index (κ3) is 5.62. The largest absolute Gasteiger partial charge is 0.507 e. The van der Waals surface area contributed by atoms with E-state index in [9.17, 15) is 14.7 Å². The summed E-state index contributed by atoms with van der Waals surface area (Å²) in [7, 11) is 0. The third-order valence-electron chi connectivity index (χ3n) is 7.32. The summed E-state index contributed by atoms with van der Waals surface area (Å²) >= 11 is 1.28. The van der Waals surface area contributed by atoms with Crippen LogP contribution in [0.5, 0.6) is 23.0 Å². The summed E-state index contributed by atoms with van der Waals surface area (Å²) in [4.78, 5) is 33.5. The minimum Gasteiger partial charge on any atom is -0.507 e. The maximum Gasteiger partial charge on any atom is 0.301 e. The molecule has 9 nitrogen and oxygen atoms in total. The zero-order valence-electron chi connectivity index (χ0n) is 24.0. The number of thiazole rings is 1. The molecule has 0 spiro atoms. The Balaban J connectivity index is 1.46. The highest BCUT2D eigenvalue weighted by Gasteiger charge is 2.48. The molecule has 6 rings (SSSR count). The predicted octanol–water partition coefficient (Wildman–Crippen LogP) is 6.66. The Labute approximate surface area is 253 Å². The van der Waals surface area contributed by atoms with Crippen LogP contribution in [0.3, 0.4) is 0 Å². The number of ether oxygens (including phenoxy) is 4. The van der Waals surface area contributed by atoms with Crippen molar-refractivity contribution in [2.45, 2.75) is 39.2 Å². The minimum absolute atomic E-state index is 0.0425. The van der Waals surface area contributed by atoms with Crippen molar-refractivity contribution in [3.8, 4) is 23.0 Å². The number of aliphatic hydroxyl groups excluding tert-OH is 1. The fourth-order valence-corrected chi connectivity index (χ4v) is 6.28. The molecule has 222 valence electrons. The van der Waals surface area contributed by atoms with Crippen LogP contribution in [0.15, 0.2) is 66.2 Å². The van der Waals surface area contributed by atoms with E-state index in [1.807, 2.05) is 49.4 Å². The molecule has 1 fully saturated rings. The van der Waals surface area contributed by atoms with Crippen LogP contribution in [-0.2, 0) is 9.59 Å². The van der Waals surface area contributed by atoms with Gasteiger partial charge in [0.1, 0.15) is 30.5 Å². The number of amides is 1. The van der Waals surface area contributed by atoms with Gasteiger partial charge in [-0.1, -0.05) is 43.2 Å². The van der Waals surface area contributed by atoms with Crippen LogP contribution >= 0.6 is 11.3 Å². The maximum absolute atomic E-state index is 13.7. The van der Waals surface area contributed by atoms with E-state index in [1.165, 1.54) is 16.2 Å². The van der Waals surface area contributed by atoms with E-state index in [1.54, 1.807) is 18.2 Å². The van der Waals surface area contributed by atoms with E-state index in [0.717, 1.165) is 24.0 Å². The summed E-state index contributed by atoms with van der Waals surface area (Å²) < 4.78 is 23.8. The number of Topliss-reactive ketones (excluding diaryl/α,β-unsaturated/α-hetero) is 1. The number of hydrogen-bond donors (Lipinski definition) is 1. The van der Waals surface area contributed by atoms with E-state index < -0.39 is 17.7 Å². The van der Waals surface area contributed by atoms with Crippen molar-refractivity contribution in [3.05, 3.63) is 77.4 Å². The van der Waals surface area contributed by atoms with Crippen LogP contribution in [0.4, 0.5) is 5.13 Å². The monoisotopic (exact) mass is 600 g/mol. The number of carbonyl (C=O) groups is 2. The van der Waals surface area contributed by atoms with Gasteiger partial charge in [-0.15, -0.1) is 0 Å². The molecular weight excluding hydrogens is 568 g/mol. The molecular formula is C33H32N2O7S. The predicted molar refractivity (Wildman–Crippen MR) is 164 cm³/mol. The van der Waals surface area contributed by atoms with Gasteiger partial charge in [-0.05, 0) is 67.4 Å². The molecule has 0 aliphatic carbocycles. The summed E-state index contributed by atoms with van der Waals surface area (Å²) in [5.74, 6) is 0.424. The van der Waals surface area contributed by atoms with Crippen molar-refractivity contribution < 1.29 is 33.6 Å². The molecule has 10 heteroatoms. The number of ketones is 1. The number of anilines is 1. The molecule has 4 aromatic rings. The smallest absolute Gasteiger partial charge is 0.301 e. The van der Waals surface area contributed by atoms with Gasteiger partial charge in [-0.25, -0.2) is 4.98 Å². The molecule has 1 unspecified atom stereocenters. The first-order chi connectivity index (χ1) is 21.0. The van der Waals surface area contributed by atoms with Gasteiger partial charge in [-0.2, -0.15) is 0 Å². The number of fused-ring (bicyclic) bond motifs is 2. The first-order valence-corrected chi connectivity index (χ1v) is 15.3. The van der Waals surface area contributed by atoms with Gasteiger partial charge in [0.15, 0.2) is 16.6 Å². The second-order valence-electron chi connectivity index (χ2n) is 10.2. The number of hydrogen-bond acceptors (Lipinski definition) is 9. The van der Waals surface area contributed by atoms with Crippen molar-refractivity contribution in [1.82, 2.24) is 4.98 Å². The van der Waals surface area contributed by atoms with Crippen LogP contribution in [0.2, 0.25) is 0 Å². The minimum atomic E-state index is -0.945. The lowest BCUT2D eigenvalue weighted by Crippen LogP contribution is -2.29. The van der Waals surface area contributed by atoms with Crippen molar-refractivity contribution in [2.24, 2.45) is 0 Å². The van der Waals surface area contributed by atoms with Crippen molar-refractivity contribution in [2.75, 3.05) is 31.3 Å². The van der Waals surface area contributed by atoms with Gasteiger partial charge in [0.2, 0.25) is 0 Å². The summed E-state index contributed by atoms with van der Waals surface area (Å²) in [5, 5.41) is 12.0. The van der Waals surface area contributed by atoms with Crippen LogP contribution < -0.4 is 23.8 Å². The molecule has 0 radical (unpaired) electrons. The number of aliphatic hydroxyl groups is 1. The fourth-order valence-electron chi connectivity index (χ4n) is 5.26.